The van der Waals surface area contributed by atoms with Gasteiger partial charge in [-0.25, -0.2) is 0 Å². The van der Waals surface area contributed by atoms with Crippen molar-refractivity contribution >= 4 is 87.2 Å². The van der Waals surface area contributed by atoms with Gasteiger partial charge in [-0.2, -0.15) is 0 Å². The Morgan fingerprint density at radius 3 is 1.14 bits per heavy atom. The number of benzene rings is 10. The number of hydrogen-bond donors (Lipinski definition) is 0. The third kappa shape index (κ3) is 4.93. The van der Waals surface area contributed by atoms with Crippen molar-refractivity contribution in [2.24, 2.45) is 0 Å². The Kier molecular flexibility index (Phi) is 7.36. The molecule has 14 aromatic rings. The highest BCUT2D eigenvalue weighted by Crippen LogP contribution is 2.43. The van der Waals surface area contributed by atoms with Gasteiger partial charge in [-0.05, 0) is 102 Å². The summed E-state index contributed by atoms with van der Waals surface area (Å²) in [5.74, 6) is 0. The molecule has 0 radical (unpaired) electrons. The lowest BCUT2D eigenvalue weighted by Gasteiger charge is -2.13. The zero-order valence-electron chi connectivity index (χ0n) is 34.7. The summed E-state index contributed by atoms with van der Waals surface area (Å²) in [6, 6.07) is 84.4. The van der Waals surface area contributed by atoms with Crippen LogP contribution in [0.4, 0.5) is 0 Å². The molecule has 4 heterocycles. The van der Waals surface area contributed by atoms with Crippen molar-refractivity contribution < 1.29 is 0 Å². The molecule has 14 rings (SSSR count). The fourth-order valence-electron chi connectivity index (χ4n) is 10.8. The molecule has 4 nitrogen and oxygen atoms in total. The number of aromatic nitrogens is 4. The normalized spacial score (nSPS) is 12.1. The minimum absolute atomic E-state index is 1.13. The molecule has 4 aromatic heterocycles. The molecule has 0 saturated heterocycles. The third-order valence-corrected chi connectivity index (χ3v) is 13.5. The highest BCUT2D eigenvalue weighted by atomic mass is 15.0. The molecule has 0 fully saturated rings. The lowest BCUT2D eigenvalue weighted by Crippen LogP contribution is -1.97. The summed E-state index contributed by atoms with van der Waals surface area (Å²) in [5.41, 5.74) is 16.5. The van der Waals surface area contributed by atoms with E-state index >= 15 is 0 Å². The first-order valence-corrected chi connectivity index (χ1v) is 22.0. The molecular weight excluding hydrogens is 777 g/mol. The second-order valence-corrected chi connectivity index (χ2v) is 16.9. The average molecular weight is 815 g/mol. The molecule has 0 atom stereocenters. The first kappa shape index (κ1) is 35.0. The lowest BCUT2D eigenvalue weighted by molar-refractivity contribution is 1.17. The minimum Gasteiger partial charge on any atom is -0.309 e. The van der Waals surface area contributed by atoms with Crippen molar-refractivity contribution in [3.05, 3.63) is 231 Å². The quantitative estimate of drug-likeness (QED) is 0.165. The molecule has 4 heteroatoms. The first-order valence-electron chi connectivity index (χ1n) is 22.0. The van der Waals surface area contributed by atoms with Crippen molar-refractivity contribution in [1.29, 1.82) is 0 Å². The van der Waals surface area contributed by atoms with E-state index in [4.69, 9.17) is 0 Å². The number of rotatable bonds is 5. The van der Waals surface area contributed by atoms with Crippen LogP contribution < -0.4 is 0 Å². The van der Waals surface area contributed by atoms with E-state index in [-0.39, 0.29) is 0 Å². The van der Waals surface area contributed by atoms with Crippen LogP contribution in [0, 0.1) is 0 Å². The highest BCUT2D eigenvalue weighted by Gasteiger charge is 2.22. The standard InChI is InChI=1S/C60H38N4/c1-3-19-41(20-4-1)61-55-32-14-10-28-49(55)59-56(61)34-33-48-45-25-7-13-31-54(45)64(60(48)59)44-24-16-18-40(36-44)39-17-15-23-43(35-39)63-53-30-12-9-27-47(53)51-37-57-50(38-58(51)63)46-26-8-11-29-52(46)62(57)42-21-5-2-6-22-42/h1-38H. The van der Waals surface area contributed by atoms with Gasteiger partial charge >= 0.3 is 0 Å². The van der Waals surface area contributed by atoms with Gasteiger partial charge in [0.15, 0.2) is 0 Å². The molecule has 298 valence electrons. The van der Waals surface area contributed by atoms with Gasteiger partial charge in [0.05, 0.1) is 44.1 Å². The van der Waals surface area contributed by atoms with Gasteiger partial charge in [0.2, 0.25) is 0 Å². The number of para-hydroxylation sites is 6. The van der Waals surface area contributed by atoms with Gasteiger partial charge in [-0.15, -0.1) is 0 Å². The van der Waals surface area contributed by atoms with Crippen LogP contribution in [-0.4, -0.2) is 18.3 Å². The summed E-state index contributed by atoms with van der Waals surface area (Å²) in [6.07, 6.45) is 0. The van der Waals surface area contributed by atoms with Crippen molar-refractivity contribution in [3.63, 3.8) is 0 Å². The summed E-state index contributed by atoms with van der Waals surface area (Å²) < 4.78 is 9.77. The van der Waals surface area contributed by atoms with Gasteiger partial charge in [0.1, 0.15) is 0 Å². The van der Waals surface area contributed by atoms with Crippen LogP contribution in [0.25, 0.3) is 121 Å². The maximum Gasteiger partial charge on any atom is 0.0641 e. The maximum absolute atomic E-state index is 2.49. The molecule has 0 spiro atoms. The Morgan fingerprint density at radius 1 is 0.203 bits per heavy atom. The van der Waals surface area contributed by atoms with E-state index in [0.29, 0.717) is 0 Å². The fourth-order valence-corrected chi connectivity index (χ4v) is 10.8. The first-order chi connectivity index (χ1) is 31.8. The van der Waals surface area contributed by atoms with Gasteiger partial charge in [-0.1, -0.05) is 140 Å². The van der Waals surface area contributed by atoms with Crippen LogP contribution in [0.1, 0.15) is 0 Å². The second-order valence-electron chi connectivity index (χ2n) is 16.9. The van der Waals surface area contributed by atoms with Crippen LogP contribution in [0.15, 0.2) is 231 Å². The van der Waals surface area contributed by atoms with Crippen LogP contribution in [0.3, 0.4) is 0 Å². The summed E-state index contributed by atoms with van der Waals surface area (Å²) in [7, 11) is 0. The van der Waals surface area contributed by atoms with Crippen LogP contribution in [-0.2, 0) is 0 Å². The fraction of sp³-hybridized carbons (Fsp3) is 0. The Morgan fingerprint density at radius 2 is 0.594 bits per heavy atom. The van der Waals surface area contributed by atoms with E-state index in [1.165, 1.54) is 98.4 Å². The SMILES string of the molecule is c1ccc(-n2c3ccccc3c3cc4c(cc32)c2ccccc2n4-c2cccc(-c3cccc(-n4c5ccccc5c5ccc6c(c7ccccc7n6-c6ccccc6)c54)c3)c2)cc1. The average Bonchev–Trinajstić information content (AvgIpc) is 4.08. The molecule has 0 unspecified atom stereocenters. The van der Waals surface area contributed by atoms with E-state index in [1.807, 2.05) is 0 Å². The van der Waals surface area contributed by atoms with Crippen molar-refractivity contribution in [3.8, 4) is 33.9 Å². The third-order valence-electron chi connectivity index (χ3n) is 13.5. The van der Waals surface area contributed by atoms with Gasteiger partial charge in [0.25, 0.3) is 0 Å². The van der Waals surface area contributed by atoms with Gasteiger partial charge in [0, 0.05) is 65.8 Å². The maximum atomic E-state index is 2.49. The van der Waals surface area contributed by atoms with E-state index in [2.05, 4.69) is 249 Å². The predicted molar refractivity (Wildman–Crippen MR) is 269 cm³/mol. The molecular formula is C60H38N4. The van der Waals surface area contributed by atoms with Crippen molar-refractivity contribution in [2.75, 3.05) is 0 Å². The molecule has 0 amide bonds. The van der Waals surface area contributed by atoms with Crippen LogP contribution in [0.5, 0.6) is 0 Å². The lowest BCUT2D eigenvalue weighted by atomic mass is 10.0. The molecule has 0 aliphatic carbocycles. The van der Waals surface area contributed by atoms with E-state index < -0.39 is 0 Å². The summed E-state index contributed by atoms with van der Waals surface area (Å²) in [6.45, 7) is 0. The summed E-state index contributed by atoms with van der Waals surface area (Å²) in [4.78, 5) is 0. The smallest absolute Gasteiger partial charge is 0.0641 e. The second kappa shape index (κ2) is 13.4. The van der Waals surface area contributed by atoms with Crippen molar-refractivity contribution in [2.45, 2.75) is 0 Å². The number of fused-ring (bicyclic) bond motifs is 13. The zero-order chi connectivity index (χ0) is 41.9. The number of hydrogen-bond acceptors (Lipinski definition) is 0. The van der Waals surface area contributed by atoms with Gasteiger partial charge in [-0.3, -0.25) is 0 Å². The summed E-state index contributed by atoms with van der Waals surface area (Å²) >= 11 is 0. The molecule has 0 saturated carbocycles. The molecule has 0 aliphatic rings. The molecule has 10 aromatic carbocycles. The number of nitrogens with zero attached hydrogens (tertiary/aromatic N) is 4. The minimum atomic E-state index is 1.13. The molecule has 0 N–H and O–H groups in total. The largest absolute Gasteiger partial charge is 0.309 e. The summed E-state index contributed by atoms with van der Waals surface area (Å²) in [5, 5.41) is 9.96. The Bertz CT molecular complexity index is 4180. The highest BCUT2D eigenvalue weighted by molar-refractivity contribution is 6.26. The molecule has 0 aliphatic heterocycles. The topological polar surface area (TPSA) is 19.7 Å². The zero-order valence-corrected chi connectivity index (χ0v) is 34.7. The van der Waals surface area contributed by atoms with E-state index in [9.17, 15) is 0 Å². The Hall–Kier alpha value is -8.60. The Balaban J connectivity index is 0.978. The van der Waals surface area contributed by atoms with Crippen LogP contribution >= 0.6 is 0 Å². The Labute approximate surface area is 368 Å². The van der Waals surface area contributed by atoms with E-state index in [0.717, 1.165) is 22.7 Å². The molecule has 0 bridgehead atoms. The van der Waals surface area contributed by atoms with E-state index in [1.54, 1.807) is 0 Å². The monoisotopic (exact) mass is 814 g/mol. The van der Waals surface area contributed by atoms with Crippen molar-refractivity contribution in [1.82, 2.24) is 18.3 Å². The van der Waals surface area contributed by atoms with Gasteiger partial charge < -0.3 is 18.3 Å². The van der Waals surface area contributed by atoms with Crippen LogP contribution in [0.2, 0.25) is 0 Å². The predicted octanol–water partition coefficient (Wildman–Crippen LogP) is 15.7. The molecule has 64 heavy (non-hydrogen) atoms.